The summed E-state index contributed by atoms with van der Waals surface area (Å²) >= 11 is 1.57. The van der Waals surface area contributed by atoms with Gasteiger partial charge < -0.3 is 11.1 Å². The van der Waals surface area contributed by atoms with E-state index in [1.165, 1.54) is 17.7 Å². The number of carbonyl (C=O) groups is 1. The van der Waals surface area contributed by atoms with Gasteiger partial charge in [-0.05, 0) is 44.4 Å². The van der Waals surface area contributed by atoms with Gasteiger partial charge in [-0.15, -0.1) is 11.3 Å². The van der Waals surface area contributed by atoms with Crippen molar-refractivity contribution in [1.82, 2.24) is 5.32 Å². The molecule has 16 heavy (non-hydrogen) atoms. The van der Waals surface area contributed by atoms with Gasteiger partial charge in [0, 0.05) is 17.0 Å². The molecule has 0 radical (unpaired) electrons. The topological polar surface area (TPSA) is 55.1 Å². The van der Waals surface area contributed by atoms with Crippen LogP contribution < -0.4 is 11.1 Å². The monoisotopic (exact) mass is 238 g/mol. The van der Waals surface area contributed by atoms with E-state index in [-0.39, 0.29) is 0 Å². The molecule has 4 heteroatoms. The Kier molecular flexibility index (Phi) is 3.74. The SMILES string of the molecule is CC1CCC(CN)C(c2ccc(C=O)s2)N1. The highest BCUT2D eigenvalue weighted by atomic mass is 32.1. The third kappa shape index (κ3) is 2.34. The predicted octanol–water partition coefficient (Wildman–Crippen LogP) is 1.95. The van der Waals surface area contributed by atoms with Crippen LogP contribution in [0.4, 0.5) is 0 Å². The summed E-state index contributed by atoms with van der Waals surface area (Å²) in [5.74, 6) is 0.495. The van der Waals surface area contributed by atoms with Crippen molar-refractivity contribution >= 4 is 17.6 Å². The number of piperidine rings is 1. The van der Waals surface area contributed by atoms with Crippen LogP contribution in [0.2, 0.25) is 0 Å². The Morgan fingerprint density at radius 1 is 1.56 bits per heavy atom. The van der Waals surface area contributed by atoms with Crippen LogP contribution in [-0.4, -0.2) is 18.9 Å². The Bertz CT molecular complexity index is 364. The van der Waals surface area contributed by atoms with Crippen LogP contribution in [0.5, 0.6) is 0 Å². The van der Waals surface area contributed by atoms with Gasteiger partial charge in [0.15, 0.2) is 6.29 Å². The second-order valence-corrected chi connectivity index (χ2v) is 5.62. The van der Waals surface area contributed by atoms with Gasteiger partial charge >= 0.3 is 0 Å². The molecule has 0 spiro atoms. The molecular formula is C12H18N2OS. The van der Waals surface area contributed by atoms with Crippen molar-refractivity contribution in [3.63, 3.8) is 0 Å². The number of carbonyl (C=O) groups excluding carboxylic acids is 1. The van der Waals surface area contributed by atoms with Gasteiger partial charge in [0.05, 0.1) is 4.88 Å². The predicted molar refractivity (Wildman–Crippen MR) is 66.8 cm³/mol. The van der Waals surface area contributed by atoms with Gasteiger partial charge in [-0.3, -0.25) is 4.79 Å². The highest BCUT2D eigenvalue weighted by Gasteiger charge is 2.29. The van der Waals surface area contributed by atoms with Gasteiger partial charge in [-0.2, -0.15) is 0 Å². The summed E-state index contributed by atoms with van der Waals surface area (Å²) in [7, 11) is 0. The normalized spacial score (nSPS) is 30.2. The van der Waals surface area contributed by atoms with E-state index < -0.39 is 0 Å². The molecule has 1 aliphatic rings. The Hall–Kier alpha value is -0.710. The number of nitrogens with one attached hydrogen (secondary N) is 1. The largest absolute Gasteiger partial charge is 0.330 e. The maximum Gasteiger partial charge on any atom is 0.160 e. The molecule has 0 aliphatic carbocycles. The molecule has 1 fully saturated rings. The van der Waals surface area contributed by atoms with E-state index in [1.807, 2.05) is 12.1 Å². The van der Waals surface area contributed by atoms with E-state index in [0.29, 0.717) is 24.5 Å². The standard InChI is InChI=1S/C12H18N2OS/c1-8-2-3-9(6-13)12(14-8)11-5-4-10(7-15)16-11/h4-5,7-9,12,14H,2-3,6,13H2,1H3. The molecule has 2 rings (SSSR count). The van der Waals surface area contributed by atoms with E-state index in [4.69, 9.17) is 5.73 Å². The molecule has 1 aliphatic heterocycles. The van der Waals surface area contributed by atoms with E-state index in [0.717, 1.165) is 11.2 Å². The molecule has 0 bridgehead atoms. The molecule has 3 atom stereocenters. The maximum absolute atomic E-state index is 10.7. The minimum absolute atomic E-state index is 0.326. The van der Waals surface area contributed by atoms with Crippen molar-refractivity contribution < 1.29 is 4.79 Å². The van der Waals surface area contributed by atoms with Crippen LogP contribution in [0.1, 0.15) is 40.4 Å². The average Bonchev–Trinajstić information content (AvgIpc) is 2.77. The van der Waals surface area contributed by atoms with Crippen molar-refractivity contribution in [2.45, 2.75) is 31.8 Å². The van der Waals surface area contributed by atoms with Crippen molar-refractivity contribution in [3.05, 3.63) is 21.9 Å². The van der Waals surface area contributed by atoms with Crippen LogP contribution in [-0.2, 0) is 0 Å². The molecule has 1 aromatic heterocycles. The average molecular weight is 238 g/mol. The zero-order valence-electron chi connectivity index (χ0n) is 9.48. The van der Waals surface area contributed by atoms with E-state index in [9.17, 15) is 4.79 Å². The van der Waals surface area contributed by atoms with Crippen molar-refractivity contribution in [1.29, 1.82) is 0 Å². The fourth-order valence-corrected chi connectivity index (χ4v) is 3.30. The quantitative estimate of drug-likeness (QED) is 0.791. The smallest absolute Gasteiger partial charge is 0.160 e. The number of hydrogen-bond donors (Lipinski definition) is 2. The van der Waals surface area contributed by atoms with E-state index in [1.54, 1.807) is 11.3 Å². The first-order chi connectivity index (χ1) is 7.74. The van der Waals surface area contributed by atoms with Crippen LogP contribution in [0.3, 0.4) is 0 Å². The zero-order chi connectivity index (χ0) is 11.5. The van der Waals surface area contributed by atoms with Gasteiger partial charge in [0.1, 0.15) is 0 Å². The Morgan fingerprint density at radius 2 is 2.38 bits per heavy atom. The molecule has 3 unspecified atom stereocenters. The number of nitrogens with two attached hydrogens (primary N) is 1. The summed E-state index contributed by atoms with van der Waals surface area (Å²) in [5.41, 5.74) is 5.81. The second-order valence-electron chi connectivity index (χ2n) is 4.48. The molecule has 0 amide bonds. The molecule has 3 nitrogen and oxygen atoms in total. The summed E-state index contributed by atoms with van der Waals surface area (Å²) < 4.78 is 0. The lowest BCUT2D eigenvalue weighted by atomic mass is 9.87. The Labute approximate surface area is 100 Å². The number of aldehydes is 1. The van der Waals surface area contributed by atoms with Crippen molar-refractivity contribution in [2.24, 2.45) is 11.7 Å². The van der Waals surface area contributed by atoms with Crippen molar-refractivity contribution in [2.75, 3.05) is 6.54 Å². The van der Waals surface area contributed by atoms with Crippen LogP contribution in [0.25, 0.3) is 0 Å². The minimum Gasteiger partial charge on any atom is -0.330 e. The second kappa shape index (κ2) is 5.08. The lowest BCUT2D eigenvalue weighted by molar-refractivity contribution is 0.112. The number of hydrogen-bond acceptors (Lipinski definition) is 4. The molecule has 3 N–H and O–H groups in total. The highest BCUT2D eigenvalue weighted by Crippen LogP contribution is 2.34. The summed E-state index contributed by atoms with van der Waals surface area (Å²) in [6.07, 6.45) is 3.27. The first-order valence-electron chi connectivity index (χ1n) is 5.75. The highest BCUT2D eigenvalue weighted by molar-refractivity contribution is 7.13. The first kappa shape index (κ1) is 11.8. The maximum atomic E-state index is 10.7. The molecule has 0 aromatic carbocycles. The van der Waals surface area contributed by atoms with Crippen LogP contribution >= 0.6 is 11.3 Å². The Morgan fingerprint density at radius 3 is 3.00 bits per heavy atom. The van der Waals surface area contributed by atoms with Crippen LogP contribution in [0, 0.1) is 5.92 Å². The van der Waals surface area contributed by atoms with Crippen molar-refractivity contribution in [3.8, 4) is 0 Å². The minimum atomic E-state index is 0.326. The molecule has 2 heterocycles. The molecule has 1 aromatic rings. The van der Waals surface area contributed by atoms with Gasteiger partial charge in [0.2, 0.25) is 0 Å². The summed E-state index contributed by atoms with van der Waals surface area (Å²) in [5, 5.41) is 3.59. The van der Waals surface area contributed by atoms with Gasteiger partial charge in [0.25, 0.3) is 0 Å². The fourth-order valence-electron chi connectivity index (χ4n) is 2.32. The summed E-state index contributed by atoms with van der Waals surface area (Å²) in [6, 6.07) is 4.80. The third-order valence-corrected chi connectivity index (χ3v) is 4.37. The molecule has 1 saturated heterocycles. The first-order valence-corrected chi connectivity index (χ1v) is 6.57. The number of rotatable bonds is 3. The van der Waals surface area contributed by atoms with E-state index in [2.05, 4.69) is 12.2 Å². The lowest BCUT2D eigenvalue weighted by Gasteiger charge is -2.35. The summed E-state index contributed by atoms with van der Waals surface area (Å²) in [4.78, 5) is 12.7. The number of thiophene rings is 1. The molecular weight excluding hydrogens is 220 g/mol. The molecule has 0 saturated carbocycles. The van der Waals surface area contributed by atoms with Gasteiger partial charge in [-0.1, -0.05) is 0 Å². The zero-order valence-corrected chi connectivity index (χ0v) is 10.3. The fraction of sp³-hybridized carbons (Fsp3) is 0.583. The third-order valence-electron chi connectivity index (χ3n) is 3.28. The lowest BCUT2D eigenvalue weighted by Crippen LogP contribution is -2.42. The van der Waals surface area contributed by atoms with Crippen LogP contribution in [0.15, 0.2) is 12.1 Å². The van der Waals surface area contributed by atoms with E-state index >= 15 is 0 Å². The van der Waals surface area contributed by atoms with Gasteiger partial charge in [-0.25, -0.2) is 0 Å². The molecule has 88 valence electrons. The summed E-state index contributed by atoms with van der Waals surface area (Å²) in [6.45, 7) is 2.91. The Balaban J connectivity index is 2.18.